The molecule has 1 aliphatic heterocycles. The lowest BCUT2D eigenvalue weighted by Gasteiger charge is -2.20. The Bertz CT molecular complexity index is 4070. The van der Waals surface area contributed by atoms with Crippen LogP contribution in [0, 0.1) is 0 Å². The minimum Gasteiger partial charge on any atom is -0.309 e. The molecule has 0 amide bonds. The van der Waals surface area contributed by atoms with E-state index in [0.717, 1.165) is 38.9 Å². The molecular formula is C58H34N4S. The van der Waals surface area contributed by atoms with Crippen molar-refractivity contribution in [1.82, 2.24) is 19.1 Å². The number of fused-ring (bicyclic) bond motifs is 11. The lowest BCUT2D eigenvalue weighted by molar-refractivity contribution is 1.01. The van der Waals surface area contributed by atoms with E-state index >= 15 is 0 Å². The molecule has 0 N–H and O–H groups in total. The van der Waals surface area contributed by atoms with Crippen LogP contribution in [0.5, 0.6) is 0 Å². The van der Waals surface area contributed by atoms with Gasteiger partial charge in [-0.2, -0.15) is 0 Å². The molecule has 10 aromatic carbocycles. The van der Waals surface area contributed by atoms with Gasteiger partial charge in [-0.1, -0.05) is 145 Å². The van der Waals surface area contributed by atoms with E-state index in [1.54, 1.807) is 11.8 Å². The summed E-state index contributed by atoms with van der Waals surface area (Å²) >= 11 is 1.80. The summed E-state index contributed by atoms with van der Waals surface area (Å²) in [5, 5.41) is 10.9. The van der Waals surface area contributed by atoms with Crippen LogP contribution in [0.25, 0.3) is 121 Å². The normalized spacial score (nSPS) is 12.4. The highest BCUT2D eigenvalue weighted by Crippen LogP contribution is 2.47. The summed E-state index contributed by atoms with van der Waals surface area (Å²) < 4.78 is 4.69. The van der Waals surface area contributed by atoms with E-state index in [-0.39, 0.29) is 0 Å². The van der Waals surface area contributed by atoms with Crippen LogP contribution >= 0.6 is 11.8 Å². The third-order valence-corrected chi connectivity index (χ3v) is 14.2. The molecule has 1 aliphatic rings. The summed E-state index contributed by atoms with van der Waals surface area (Å²) in [6, 6.07) is 75.1. The highest BCUT2D eigenvalue weighted by atomic mass is 32.2. The molecule has 4 heterocycles. The van der Waals surface area contributed by atoms with Gasteiger partial charge in [-0.25, -0.2) is 9.97 Å². The van der Waals surface area contributed by atoms with E-state index in [1.807, 2.05) is 0 Å². The summed E-state index contributed by atoms with van der Waals surface area (Å²) in [6.07, 6.45) is 0. The first kappa shape index (κ1) is 34.7. The fourth-order valence-electron chi connectivity index (χ4n) is 10.2. The van der Waals surface area contributed by atoms with Crippen LogP contribution in [0.2, 0.25) is 0 Å². The molecule has 5 heteroatoms. The Labute approximate surface area is 366 Å². The zero-order valence-electron chi connectivity index (χ0n) is 33.8. The molecule has 13 aromatic rings. The van der Waals surface area contributed by atoms with Crippen molar-refractivity contribution < 1.29 is 0 Å². The summed E-state index contributed by atoms with van der Waals surface area (Å²) in [4.78, 5) is 13.1. The average molecular weight is 819 g/mol. The maximum Gasteiger partial charge on any atom is 0.235 e. The first-order chi connectivity index (χ1) is 31.2. The number of hydrogen-bond donors (Lipinski definition) is 0. The quantitative estimate of drug-likeness (QED) is 0.177. The van der Waals surface area contributed by atoms with Gasteiger partial charge < -0.3 is 4.57 Å². The highest BCUT2D eigenvalue weighted by Gasteiger charge is 2.24. The maximum atomic E-state index is 5.38. The minimum atomic E-state index is 0.682. The molecular weight excluding hydrogens is 785 g/mol. The molecule has 0 fully saturated rings. The fourth-order valence-corrected chi connectivity index (χ4v) is 11.3. The molecule has 63 heavy (non-hydrogen) atoms. The summed E-state index contributed by atoms with van der Waals surface area (Å²) in [7, 11) is 0. The highest BCUT2D eigenvalue weighted by molar-refractivity contribution is 7.99. The van der Waals surface area contributed by atoms with Crippen molar-refractivity contribution in [2.75, 3.05) is 0 Å². The number of benzene rings is 10. The van der Waals surface area contributed by atoms with Crippen LogP contribution in [0.15, 0.2) is 216 Å². The smallest absolute Gasteiger partial charge is 0.235 e. The molecule has 3 aromatic heterocycles. The van der Waals surface area contributed by atoms with Gasteiger partial charge in [-0.05, 0) is 117 Å². The van der Waals surface area contributed by atoms with E-state index in [0.29, 0.717) is 5.95 Å². The second kappa shape index (κ2) is 13.3. The van der Waals surface area contributed by atoms with Crippen LogP contribution in [-0.2, 0) is 0 Å². The molecule has 14 rings (SSSR count). The topological polar surface area (TPSA) is 35.6 Å². The van der Waals surface area contributed by atoms with Crippen molar-refractivity contribution in [3.8, 4) is 45.1 Å². The van der Waals surface area contributed by atoms with Crippen LogP contribution < -0.4 is 0 Å². The van der Waals surface area contributed by atoms with E-state index < -0.39 is 0 Å². The minimum absolute atomic E-state index is 0.682. The summed E-state index contributed by atoms with van der Waals surface area (Å²) in [5.74, 6) is 0.682. The van der Waals surface area contributed by atoms with E-state index in [4.69, 9.17) is 9.97 Å². The van der Waals surface area contributed by atoms with Gasteiger partial charge in [0.15, 0.2) is 0 Å². The Morgan fingerprint density at radius 2 is 1.00 bits per heavy atom. The molecule has 0 aliphatic carbocycles. The first-order valence-electron chi connectivity index (χ1n) is 21.4. The van der Waals surface area contributed by atoms with E-state index in [1.165, 1.54) is 86.2 Å². The van der Waals surface area contributed by atoms with Gasteiger partial charge in [0.25, 0.3) is 0 Å². The van der Waals surface area contributed by atoms with E-state index in [9.17, 15) is 0 Å². The van der Waals surface area contributed by atoms with Crippen LogP contribution in [0.3, 0.4) is 0 Å². The number of nitrogens with zero attached hydrogens (tertiary/aromatic N) is 4. The molecule has 0 bridgehead atoms. The molecule has 0 spiro atoms. The Morgan fingerprint density at radius 3 is 1.90 bits per heavy atom. The third-order valence-electron chi connectivity index (χ3n) is 13.1. The van der Waals surface area contributed by atoms with Crippen molar-refractivity contribution in [3.05, 3.63) is 206 Å². The average Bonchev–Trinajstić information content (AvgIpc) is 3.86. The lowest BCUT2D eigenvalue weighted by Crippen LogP contribution is -2.05. The largest absolute Gasteiger partial charge is 0.309 e. The van der Waals surface area contributed by atoms with Crippen molar-refractivity contribution >= 4 is 87.8 Å². The summed E-state index contributed by atoms with van der Waals surface area (Å²) in [5.41, 5.74) is 13.6. The number of hydrogen-bond acceptors (Lipinski definition) is 3. The van der Waals surface area contributed by atoms with Crippen LogP contribution in [0.1, 0.15) is 0 Å². The van der Waals surface area contributed by atoms with E-state index in [2.05, 4.69) is 215 Å². The Kier molecular flexibility index (Phi) is 7.30. The molecule has 0 saturated heterocycles. The Hall–Kier alpha value is -7.99. The number of para-hydroxylation sites is 1. The second-order valence-corrected chi connectivity index (χ2v) is 17.6. The second-order valence-electron chi connectivity index (χ2n) is 16.6. The van der Waals surface area contributed by atoms with Crippen molar-refractivity contribution in [2.24, 2.45) is 0 Å². The predicted octanol–water partition coefficient (Wildman–Crippen LogP) is 15.6. The maximum absolute atomic E-state index is 5.38. The van der Waals surface area contributed by atoms with Crippen molar-refractivity contribution in [3.63, 3.8) is 0 Å². The number of aromatic nitrogens is 4. The standard InChI is InChI=1S/C58H34N4S/c1-2-11-35(12-3-1)37-21-22-39-32-42(27-23-38(39)31-37)61-51-29-26-41(34-47(51)55-43-14-5-4-13-36(43)24-30-52(55)61)40-25-28-50-46(33-40)44-15-6-8-18-49(44)62(50)58-59-48-17-10-20-54-56(48)57(60-58)45-16-7-9-19-53(45)63-54/h1-34H. The predicted molar refractivity (Wildman–Crippen MR) is 264 cm³/mol. The molecule has 0 unspecified atom stereocenters. The molecule has 292 valence electrons. The van der Waals surface area contributed by atoms with Crippen molar-refractivity contribution in [2.45, 2.75) is 9.79 Å². The first-order valence-corrected chi connectivity index (χ1v) is 22.2. The van der Waals surface area contributed by atoms with Gasteiger partial charge in [0, 0.05) is 48.0 Å². The fraction of sp³-hybridized carbons (Fsp3) is 0. The van der Waals surface area contributed by atoms with Gasteiger partial charge in [0.05, 0.1) is 33.3 Å². The van der Waals surface area contributed by atoms with Gasteiger partial charge in [0.1, 0.15) is 0 Å². The van der Waals surface area contributed by atoms with Gasteiger partial charge in [-0.3, -0.25) is 4.57 Å². The zero-order chi connectivity index (χ0) is 41.2. The monoisotopic (exact) mass is 818 g/mol. The lowest BCUT2D eigenvalue weighted by atomic mass is 9.99. The van der Waals surface area contributed by atoms with Crippen LogP contribution in [0.4, 0.5) is 0 Å². The molecule has 0 saturated carbocycles. The summed E-state index contributed by atoms with van der Waals surface area (Å²) in [6.45, 7) is 0. The Balaban J connectivity index is 0.946. The zero-order valence-corrected chi connectivity index (χ0v) is 34.6. The molecule has 0 radical (unpaired) electrons. The molecule has 0 atom stereocenters. The SMILES string of the molecule is c1ccc(-c2ccc3cc(-n4c5ccc(-c6ccc7c(c6)c6ccccc6n7-c6nc7c8c(cccc8n6)Sc6ccccc6-7)cc5c5c6ccccc6ccc54)ccc3c2)cc1. The van der Waals surface area contributed by atoms with Gasteiger partial charge >= 0.3 is 0 Å². The van der Waals surface area contributed by atoms with Crippen molar-refractivity contribution in [1.29, 1.82) is 0 Å². The third kappa shape index (κ3) is 5.18. The number of rotatable bonds is 4. The Morgan fingerprint density at radius 1 is 0.349 bits per heavy atom. The van der Waals surface area contributed by atoms with Crippen LogP contribution in [-0.4, -0.2) is 19.1 Å². The van der Waals surface area contributed by atoms with Gasteiger partial charge in [-0.15, -0.1) is 0 Å². The van der Waals surface area contributed by atoms with Gasteiger partial charge in [0.2, 0.25) is 5.95 Å². The molecule has 4 nitrogen and oxygen atoms in total.